The lowest BCUT2D eigenvalue weighted by Gasteiger charge is -2.38. The molecule has 0 aliphatic rings. The van der Waals surface area contributed by atoms with Gasteiger partial charge in [-0.05, 0) is 46.4 Å². The summed E-state index contributed by atoms with van der Waals surface area (Å²) in [6.45, 7) is 18.0. The highest BCUT2D eigenvalue weighted by Crippen LogP contribution is 2.38. The number of hydrogen-bond acceptors (Lipinski definition) is 2. The van der Waals surface area contributed by atoms with Crippen molar-refractivity contribution in [1.82, 2.24) is 0 Å². The van der Waals surface area contributed by atoms with Crippen LogP contribution in [0.15, 0.2) is 11.8 Å². The summed E-state index contributed by atoms with van der Waals surface area (Å²) >= 11 is 0. The van der Waals surface area contributed by atoms with Gasteiger partial charge in [0.05, 0.1) is 19.0 Å². The lowest BCUT2D eigenvalue weighted by Crippen LogP contribution is -2.44. The Morgan fingerprint density at radius 1 is 1.25 bits per heavy atom. The lowest BCUT2D eigenvalue weighted by molar-refractivity contribution is 0.0581. The predicted molar refractivity (Wildman–Crippen MR) is 73.1 cm³/mol. The topological polar surface area (TPSA) is 18.5 Å². The summed E-state index contributed by atoms with van der Waals surface area (Å²) in [6.07, 6.45) is 2.18. The van der Waals surface area contributed by atoms with Gasteiger partial charge in [0.2, 0.25) is 0 Å². The molecule has 0 amide bonds. The first kappa shape index (κ1) is 15.7. The summed E-state index contributed by atoms with van der Waals surface area (Å²) in [5.41, 5.74) is 1.21. The number of allylic oxidation sites excluding steroid dienone is 1. The number of ether oxygens (including phenoxy) is 1. The van der Waals surface area contributed by atoms with Crippen molar-refractivity contribution in [1.29, 1.82) is 0 Å². The Morgan fingerprint density at radius 3 is 2.12 bits per heavy atom. The third-order valence-electron chi connectivity index (χ3n) is 3.00. The van der Waals surface area contributed by atoms with Crippen molar-refractivity contribution in [3.05, 3.63) is 11.8 Å². The zero-order valence-corrected chi connectivity index (χ0v) is 13.2. The van der Waals surface area contributed by atoms with Crippen LogP contribution in [0.2, 0.25) is 18.1 Å². The Kier molecular flexibility index (Phi) is 5.77. The average molecular weight is 244 g/mol. The standard InChI is InChI=1S/C13H28O2Si/c1-11(2)9-15-16(7,8)13(5,6)10-14-12(3)4/h9,12H,10H2,1-8H3. The molecule has 0 saturated heterocycles. The van der Waals surface area contributed by atoms with E-state index in [1.165, 1.54) is 5.57 Å². The minimum absolute atomic E-state index is 0.114. The van der Waals surface area contributed by atoms with Gasteiger partial charge in [-0.15, -0.1) is 0 Å². The summed E-state index contributed by atoms with van der Waals surface area (Å²) in [7, 11) is -1.76. The van der Waals surface area contributed by atoms with Crippen molar-refractivity contribution < 1.29 is 9.16 Å². The minimum Gasteiger partial charge on any atom is -0.549 e. The van der Waals surface area contributed by atoms with E-state index in [4.69, 9.17) is 9.16 Å². The molecule has 0 bridgehead atoms. The van der Waals surface area contributed by atoms with Crippen molar-refractivity contribution in [2.45, 2.75) is 65.8 Å². The van der Waals surface area contributed by atoms with Crippen LogP contribution in [0.5, 0.6) is 0 Å². The van der Waals surface area contributed by atoms with Crippen LogP contribution in [0.1, 0.15) is 41.5 Å². The molecule has 3 heteroatoms. The number of hydrogen-bond donors (Lipinski definition) is 0. The maximum absolute atomic E-state index is 5.98. The Bertz CT molecular complexity index is 238. The van der Waals surface area contributed by atoms with E-state index < -0.39 is 8.32 Å². The average Bonchev–Trinajstić information content (AvgIpc) is 2.11. The molecule has 96 valence electrons. The van der Waals surface area contributed by atoms with Crippen LogP contribution in [0.25, 0.3) is 0 Å². The van der Waals surface area contributed by atoms with Crippen molar-refractivity contribution in [3.63, 3.8) is 0 Å². The van der Waals surface area contributed by atoms with E-state index in [9.17, 15) is 0 Å². The largest absolute Gasteiger partial charge is 0.549 e. The second-order valence-corrected chi connectivity index (χ2v) is 10.7. The predicted octanol–water partition coefficient (Wildman–Crippen LogP) is 4.34. The van der Waals surface area contributed by atoms with Crippen molar-refractivity contribution in [3.8, 4) is 0 Å². The third kappa shape index (κ3) is 5.17. The maximum atomic E-state index is 5.98. The van der Waals surface area contributed by atoms with Crippen molar-refractivity contribution in [2.75, 3.05) is 6.61 Å². The number of rotatable bonds is 6. The molecule has 0 spiro atoms. The van der Waals surface area contributed by atoms with E-state index in [0.717, 1.165) is 6.61 Å². The van der Waals surface area contributed by atoms with Crippen LogP contribution in [0, 0.1) is 0 Å². The van der Waals surface area contributed by atoms with Crippen LogP contribution in [0.3, 0.4) is 0 Å². The molecule has 0 unspecified atom stereocenters. The van der Waals surface area contributed by atoms with Gasteiger partial charge < -0.3 is 9.16 Å². The Hall–Kier alpha value is -0.283. The van der Waals surface area contributed by atoms with E-state index in [-0.39, 0.29) is 11.1 Å². The van der Waals surface area contributed by atoms with Gasteiger partial charge >= 0.3 is 0 Å². The van der Waals surface area contributed by atoms with Gasteiger partial charge in [-0.1, -0.05) is 13.8 Å². The molecule has 0 atom stereocenters. The maximum Gasteiger partial charge on any atom is 0.252 e. The van der Waals surface area contributed by atoms with Crippen LogP contribution >= 0.6 is 0 Å². The first-order valence-electron chi connectivity index (χ1n) is 6.01. The first-order chi connectivity index (χ1) is 7.08. The highest BCUT2D eigenvalue weighted by Gasteiger charge is 2.42. The molecular formula is C13H28O2Si. The van der Waals surface area contributed by atoms with Gasteiger partial charge in [0, 0.05) is 5.04 Å². The molecular weight excluding hydrogens is 216 g/mol. The van der Waals surface area contributed by atoms with Crippen LogP contribution in [0.4, 0.5) is 0 Å². The first-order valence-corrected chi connectivity index (χ1v) is 8.92. The molecule has 0 aromatic carbocycles. The van der Waals surface area contributed by atoms with Gasteiger partial charge in [0.25, 0.3) is 8.32 Å². The molecule has 0 aromatic rings. The van der Waals surface area contributed by atoms with Crippen molar-refractivity contribution in [2.24, 2.45) is 0 Å². The second kappa shape index (κ2) is 5.87. The molecule has 0 fully saturated rings. The fourth-order valence-corrected chi connectivity index (χ4v) is 2.25. The summed E-state index contributed by atoms with van der Waals surface area (Å²) < 4.78 is 11.7. The van der Waals surface area contributed by atoms with Crippen LogP contribution < -0.4 is 0 Å². The second-order valence-electron chi connectivity index (χ2n) is 6.07. The van der Waals surface area contributed by atoms with E-state index in [1.807, 2.05) is 6.26 Å². The normalized spacial score (nSPS) is 12.8. The summed E-state index contributed by atoms with van der Waals surface area (Å²) in [4.78, 5) is 0. The van der Waals surface area contributed by atoms with Crippen LogP contribution in [-0.4, -0.2) is 21.0 Å². The van der Waals surface area contributed by atoms with E-state index >= 15 is 0 Å². The van der Waals surface area contributed by atoms with Gasteiger partial charge in [-0.2, -0.15) is 0 Å². The molecule has 2 nitrogen and oxygen atoms in total. The molecule has 0 aliphatic carbocycles. The van der Waals surface area contributed by atoms with Gasteiger partial charge in [0.1, 0.15) is 0 Å². The smallest absolute Gasteiger partial charge is 0.252 e. The van der Waals surface area contributed by atoms with E-state index in [0.29, 0.717) is 0 Å². The highest BCUT2D eigenvalue weighted by molar-refractivity contribution is 6.74. The molecule has 0 saturated carbocycles. The van der Waals surface area contributed by atoms with E-state index in [2.05, 4.69) is 54.6 Å². The SMILES string of the molecule is CC(C)=CO[Si](C)(C)C(C)(C)COC(C)C. The zero-order valence-electron chi connectivity index (χ0n) is 12.2. The quantitative estimate of drug-likeness (QED) is 0.511. The third-order valence-corrected chi connectivity index (χ3v) is 7.11. The molecule has 0 aliphatic heterocycles. The fourth-order valence-electron chi connectivity index (χ4n) is 0.973. The molecule has 0 radical (unpaired) electrons. The Balaban J connectivity index is 4.51. The highest BCUT2D eigenvalue weighted by atomic mass is 28.4. The van der Waals surface area contributed by atoms with Gasteiger partial charge in [0.15, 0.2) is 0 Å². The molecule has 0 N–H and O–H groups in total. The van der Waals surface area contributed by atoms with Crippen molar-refractivity contribution >= 4 is 8.32 Å². The lowest BCUT2D eigenvalue weighted by atomic mass is 10.2. The molecule has 0 aromatic heterocycles. The van der Waals surface area contributed by atoms with Crippen LogP contribution in [-0.2, 0) is 9.16 Å². The molecule has 0 rings (SSSR count). The molecule has 16 heavy (non-hydrogen) atoms. The minimum atomic E-state index is -1.76. The monoisotopic (exact) mass is 244 g/mol. The Labute approximate surface area is 102 Å². The summed E-state index contributed by atoms with van der Waals surface area (Å²) in [5, 5.41) is 0.114. The van der Waals surface area contributed by atoms with Gasteiger partial charge in [-0.25, -0.2) is 0 Å². The fraction of sp³-hybridized carbons (Fsp3) is 0.846. The zero-order chi connectivity index (χ0) is 13.0. The summed E-state index contributed by atoms with van der Waals surface area (Å²) in [5.74, 6) is 0. The molecule has 0 heterocycles. The Morgan fingerprint density at radius 2 is 1.75 bits per heavy atom. The van der Waals surface area contributed by atoms with E-state index in [1.54, 1.807) is 0 Å². The van der Waals surface area contributed by atoms with Gasteiger partial charge in [-0.3, -0.25) is 0 Å². The summed E-state index contributed by atoms with van der Waals surface area (Å²) in [6, 6.07) is 0.